The van der Waals surface area contributed by atoms with E-state index < -0.39 is 0 Å². The molecule has 1 aliphatic rings. The van der Waals surface area contributed by atoms with E-state index in [0.29, 0.717) is 29.3 Å². The van der Waals surface area contributed by atoms with Crippen LogP contribution in [0, 0.1) is 0 Å². The summed E-state index contributed by atoms with van der Waals surface area (Å²) in [5.74, 6) is 1.08. The number of nitrogens with one attached hydrogen (secondary N) is 2. The lowest BCUT2D eigenvalue weighted by Gasteiger charge is -2.31. The van der Waals surface area contributed by atoms with Gasteiger partial charge in [0.05, 0.1) is 26.5 Å². The Morgan fingerprint density at radius 2 is 1.76 bits per heavy atom. The van der Waals surface area contributed by atoms with Crippen LogP contribution in [0.15, 0.2) is 48.5 Å². The Morgan fingerprint density at radius 3 is 2.41 bits per heavy atom. The first-order valence-electron chi connectivity index (χ1n) is 9.69. The molecule has 0 radical (unpaired) electrons. The third-order valence-corrected chi connectivity index (χ3v) is 5.01. The van der Waals surface area contributed by atoms with Crippen molar-refractivity contribution in [3.05, 3.63) is 54.1 Å². The molecule has 7 nitrogen and oxygen atoms in total. The predicted octanol–water partition coefficient (Wildman–Crippen LogP) is 2.54. The molecular formula is C22H27N3O4. The fourth-order valence-corrected chi connectivity index (χ4v) is 3.40. The van der Waals surface area contributed by atoms with Gasteiger partial charge >= 0.3 is 0 Å². The Labute approximate surface area is 171 Å². The number of benzene rings is 2. The summed E-state index contributed by atoms with van der Waals surface area (Å²) in [6.45, 7) is 1.80. The molecule has 29 heavy (non-hydrogen) atoms. The van der Waals surface area contributed by atoms with Crippen molar-refractivity contribution < 1.29 is 19.1 Å². The number of rotatable bonds is 7. The molecule has 2 amide bonds. The normalized spacial score (nSPS) is 14.8. The topological polar surface area (TPSA) is 79.9 Å². The third kappa shape index (κ3) is 5.71. The number of carbonyl (C=O) groups is 2. The van der Waals surface area contributed by atoms with Crippen molar-refractivity contribution in [3.63, 3.8) is 0 Å². The molecule has 1 fully saturated rings. The molecule has 3 rings (SSSR count). The first-order valence-corrected chi connectivity index (χ1v) is 9.69. The van der Waals surface area contributed by atoms with Crippen molar-refractivity contribution in [2.24, 2.45) is 0 Å². The minimum absolute atomic E-state index is 0.0492. The highest BCUT2D eigenvalue weighted by Crippen LogP contribution is 2.28. The molecule has 0 saturated carbocycles. The van der Waals surface area contributed by atoms with E-state index in [1.807, 2.05) is 30.3 Å². The first-order chi connectivity index (χ1) is 14.1. The lowest BCUT2D eigenvalue weighted by atomic mass is 10.0. The van der Waals surface area contributed by atoms with Crippen LogP contribution in [0.4, 0.5) is 5.69 Å². The van der Waals surface area contributed by atoms with Crippen molar-refractivity contribution >= 4 is 17.5 Å². The van der Waals surface area contributed by atoms with Gasteiger partial charge in [0.25, 0.3) is 5.91 Å². The molecule has 2 N–H and O–H groups in total. The lowest BCUT2D eigenvalue weighted by Crippen LogP contribution is -2.46. The number of carbonyl (C=O) groups excluding carboxylic acids is 2. The number of methoxy groups -OCH3 is 2. The van der Waals surface area contributed by atoms with Crippen LogP contribution in [-0.2, 0) is 4.79 Å². The Morgan fingerprint density at radius 1 is 1.03 bits per heavy atom. The lowest BCUT2D eigenvalue weighted by molar-refractivity contribution is -0.117. The van der Waals surface area contributed by atoms with Gasteiger partial charge < -0.3 is 20.1 Å². The van der Waals surface area contributed by atoms with Crippen LogP contribution in [0.3, 0.4) is 0 Å². The number of likely N-dealkylation sites (tertiary alicyclic amines) is 1. The average molecular weight is 397 g/mol. The van der Waals surface area contributed by atoms with Crippen LogP contribution in [0.1, 0.15) is 23.2 Å². The van der Waals surface area contributed by atoms with Gasteiger partial charge in [-0.1, -0.05) is 18.2 Å². The van der Waals surface area contributed by atoms with E-state index in [-0.39, 0.29) is 17.9 Å². The second kappa shape index (κ2) is 9.93. The zero-order chi connectivity index (χ0) is 20.6. The maximum atomic E-state index is 12.5. The fraction of sp³-hybridized carbons (Fsp3) is 0.364. The molecule has 0 aromatic heterocycles. The smallest absolute Gasteiger partial charge is 0.251 e. The molecule has 0 aliphatic carbocycles. The van der Waals surface area contributed by atoms with Crippen molar-refractivity contribution in [3.8, 4) is 11.5 Å². The number of piperidine rings is 1. The Kier molecular flexibility index (Phi) is 7.08. The highest BCUT2D eigenvalue weighted by atomic mass is 16.5. The number of hydrogen-bond acceptors (Lipinski definition) is 5. The van der Waals surface area contributed by atoms with Crippen LogP contribution in [0.2, 0.25) is 0 Å². The molecule has 0 unspecified atom stereocenters. The van der Waals surface area contributed by atoms with Crippen molar-refractivity contribution in [2.75, 3.05) is 39.2 Å². The molecule has 7 heteroatoms. The number of nitrogens with zero attached hydrogens (tertiary/aromatic N) is 1. The second-order valence-corrected chi connectivity index (χ2v) is 7.00. The monoisotopic (exact) mass is 397 g/mol. The summed E-state index contributed by atoms with van der Waals surface area (Å²) in [7, 11) is 3.14. The van der Waals surface area contributed by atoms with E-state index in [2.05, 4.69) is 15.5 Å². The molecule has 0 spiro atoms. The summed E-state index contributed by atoms with van der Waals surface area (Å²) in [5.41, 5.74) is 1.25. The van der Waals surface area contributed by atoms with Gasteiger partial charge in [0.1, 0.15) is 11.5 Å². The zero-order valence-corrected chi connectivity index (χ0v) is 16.8. The van der Waals surface area contributed by atoms with Gasteiger partial charge in [0, 0.05) is 30.8 Å². The Bertz CT molecular complexity index is 833. The Balaban J connectivity index is 1.47. The van der Waals surface area contributed by atoms with E-state index in [4.69, 9.17) is 9.47 Å². The molecule has 1 saturated heterocycles. The molecule has 2 aromatic carbocycles. The summed E-state index contributed by atoms with van der Waals surface area (Å²) in [6.07, 6.45) is 1.63. The van der Waals surface area contributed by atoms with E-state index in [1.54, 1.807) is 32.4 Å². The van der Waals surface area contributed by atoms with Crippen molar-refractivity contribution in [2.45, 2.75) is 18.9 Å². The quantitative estimate of drug-likeness (QED) is 0.751. The van der Waals surface area contributed by atoms with Crippen LogP contribution in [0.5, 0.6) is 11.5 Å². The molecule has 0 bridgehead atoms. The summed E-state index contributed by atoms with van der Waals surface area (Å²) in [5, 5.41) is 5.97. The van der Waals surface area contributed by atoms with E-state index in [9.17, 15) is 9.59 Å². The molecule has 2 aromatic rings. The van der Waals surface area contributed by atoms with Gasteiger partial charge in [0.2, 0.25) is 5.91 Å². The third-order valence-electron chi connectivity index (χ3n) is 5.01. The Hall–Kier alpha value is -3.06. The second-order valence-electron chi connectivity index (χ2n) is 7.00. The van der Waals surface area contributed by atoms with Crippen LogP contribution in [-0.4, -0.2) is 56.6 Å². The summed E-state index contributed by atoms with van der Waals surface area (Å²) in [4.78, 5) is 26.8. The van der Waals surface area contributed by atoms with E-state index in [0.717, 1.165) is 25.9 Å². The van der Waals surface area contributed by atoms with Gasteiger partial charge in [0.15, 0.2) is 0 Å². The van der Waals surface area contributed by atoms with E-state index in [1.165, 1.54) is 0 Å². The fourth-order valence-electron chi connectivity index (χ4n) is 3.40. The summed E-state index contributed by atoms with van der Waals surface area (Å²) < 4.78 is 10.5. The first kappa shape index (κ1) is 20.7. The molecule has 154 valence electrons. The minimum Gasteiger partial charge on any atom is -0.497 e. The van der Waals surface area contributed by atoms with Crippen LogP contribution >= 0.6 is 0 Å². The van der Waals surface area contributed by atoms with Gasteiger partial charge in [-0.3, -0.25) is 14.5 Å². The molecule has 1 heterocycles. The maximum Gasteiger partial charge on any atom is 0.251 e. The van der Waals surface area contributed by atoms with Gasteiger partial charge in [-0.25, -0.2) is 0 Å². The minimum atomic E-state index is -0.108. The molecular weight excluding hydrogens is 370 g/mol. The number of amides is 2. The largest absolute Gasteiger partial charge is 0.497 e. The van der Waals surface area contributed by atoms with Gasteiger partial charge in [-0.15, -0.1) is 0 Å². The van der Waals surface area contributed by atoms with Crippen LogP contribution in [0.25, 0.3) is 0 Å². The van der Waals surface area contributed by atoms with Gasteiger partial charge in [-0.2, -0.15) is 0 Å². The van der Waals surface area contributed by atoms with E-state index >= 15 is 0 Å². The van der Waals surface area contributed by atoms with Crippen LogP contribution < -0.4 is 20.1 Å². The standard InChI is InChI=1S/C22H27N3O4/c1-28-18-8-9-20(29-2)19(14-18)24-21(26)15-25-12-10-17(11-13-25)23-22(27)16-6-4-3-5-7-16/h3-9,14,17H,10-13,15H2,1-2H3,(H,23,27)(H,24,26). The highest BCUT2D eigenvalue weighted by molar-refractivity contribution is 5.94. The average Bonchev–Trinajstić information content (AvgIpc) is 2.75. The number of hydrogen-bond donors (Lipinski definition) is 2. The maximum absolute atomic E-state index is 12.5. The highest BCUT2D eigenvalue weighted by Gasteiger charge is 2.23. The number of ether oxygens (including phenoxy) is 2. The summed E-state index contributed by atoms with van der Waals surface area (Å²) in [6, 6.07) is 14.6. The van der Waals surface area contributed by atoms with Gasteiger partial charge in [-0.05, 0) is 37.1 Å². The zero-order valence-electron chi connectivity index (χ0n) is 16.8. The molecule has 1 aliphatic heterocycles. The van der Waals surface area contributed by atoms with Crippen molar-refractivity contribution in [1.29, 1.82) is 0 Å². The molecule has 0 atom stereocenters. The number of anilines is 1. The summed E-state index contributed by atoms with van der Waals surface area (Å²) >= 11 is 0. The predicted molar refractivity (Wildman–Crippen MR) is 112 cm³/mol. The van der Waals surface area contributed by atoms with Crippen molar-refractivity contribution in [1.82, 2.24) is 10.2 Å². The SMILES string of the molecule is COc1ccc(OC)c(NC(=O)CN2CCC(NC(=O)c3ccccc3)CC2)c1.